The number of hydrogen-bond donors (Lipinski definition) is 1. The fourth-order valence-corrected chi connectivity index (χ4v) is 2.96. The van der Waals surface area contributed by atoms with Crippen LogP contribution in [-0.2, 0) is 13.6 Å². The van der Waals surface area contributed by atoms with Crippen molar-refractivity contribution in [3.8, 4) is 0 Å². The first kappa shape index (κ1) is 12.6. The predicted molar refractivity (Wildman–Crippen MR) is 70.9 cm³/mol. The smallest absolute Gasteiger partial charge is 0.0641 e. The summed E-state index contributed by atoms with van der Waals surface area (Å²) < 4.78 is 1.98. The largest absolute Gasteiger partial charge is 0.310 e. The van der Waals surface area contributed by atoms with Gasteiger partial charge in [0.05, 0.1) is 5.69 Å². The van der Waals surface area contributed by atoms with E-state index in [2.05, 4.69) is 31.2 Å². The first-order chi connectivity index (χ1) is 8.09. The molecule has 1 atom stereocenters. The second-order valence-electron chi connectivity index (χ2n) is 5.49. The summed E-state index contributed by atoms with van der Waals surface area (Å²) in [5.41, 5.74) is 3.82. The van der Waals surface area contributed by atoms with Gasteiger partial charge in [-0.15, -0.1) is 0 Å². The molecule has 1 saturated carbocycles. The molecule has 1 aromatic rings. The highest BCUT2D eigenvalue weighted by Gasteiger charge is 2.21. The van der Waals surface area contributed by atoms with Gasteiger partial charge in [0.15, 0.2) is 0 Å². The van der Waals surface area contributed by atoms with Crippen LogP contribution in [-0.4, -0.2) is 15.8 Å². The first-order valence-corrected chi connectivity index (χ1v) is 6.82. The lowest BCUT2D eigenvalue weighted by atomic mass is 9.99. The summed E-state index contributed by atoms with van der Waals surface area (Å²) in [7, 11) is 2.02. The van der Waals surface area contributed by atoms with Crippen molar-refractivity contribution >= 4 is 0 Å². The molecular weight excluding hydrogens is 210 g/mol. The molecule has 0 aromatic carbocycles. The lowest BCUT2D eigenvalue weighted by molar-refractivity contribution is 0.380. The summed E-state index contributed by atoms with van der Waals surface area (Å²) in [6.45, 7) is 7.54. The third-order valence-corrected chi connectivity index (χ3v) is 4.37. The Morgan fingerprint density at radius 3 is 2.53 bits per heavy atom. The molecule has 0 unspecified atom stereocenters. The highest BCUT2D eigenvalue weighted by atomic mass is 15.3. The van der Waals surface area contributed by atoms with Crippen LogP contribution in [0.2, 0.25) is 0 Å². The van der Waals surface area contributed by atoms with Gasteiger partial charge in [-0.3, -0.25) is 4.68 Å². The summed E-state index contributed by atoms with van der Waals surface area (Å²) in [6, 6.07) is 0.636. The van der Waals surface area contributed by atoms with Gasteiger partial charge in [-0.2, -0.15) is 5.10 Å². The van der Waals surface area contributed by atoms with E-state index in [0.717, 1.165) is 18.2 Å². The van der Waals surface area contributed by atoms with E-state index < -0.39 is 0 Å². The normalized spacial score (nSPS) is 18.8. The molecule has 1 aliphatic carbocycles. The van der Waals surface area contributed by atoms with Gasteiger partial charge < -0.3 is 5.32 Å². The Bertz CT molecular complexity index is 375. The van der Waals surface area contributed by atoms with Crippen molar-refractivity contribution in [2.45, 2.75) is 59.0 Å². The maximum absolute atomic E-state index is 4.46. The summed E-state index contributed by atoms with van der Waals surface area (Å²) >= 11 is 0. The molecule has 17 heavy (non-hydrogen) atoms. The maximum atomic E-state index is 4.46. The highest BCUT2D eigenvalue weighted by molar-refractivity contribution is 5.24. The molecule has 3 heteroatoms. The summed E-state index contributed by atoms with van der Waals surface area (Å²) in [6.07, 6.45) is 5.64. The Kier molecular flexibility index (Phi) is 3.87. The molecule has 1 aromatic heterocycles. The zero-order valence-corrected chi connectivity index (χ0v) is 11.6. The molecule has 0 spiro atoms. The molecule has 96 valence electrons. The third-order valence-electron chi connectivity index (χ3n) is 4.37. The topological polar surface area (TPSA) is 29.9 Å². The Labute approximate surface area is 105 Å². The van der Waals surface area contributed by atoms with Crippen molar-refractivity contribution in [3.05, 3.63) is 17.0 Å². The van der Waals surface area contributed by atoms with Crippen molar-refractivity contribution in [3.63, 3.8) is 0 Å². The van der Waals surface area contributed by atoms with Crippen LogP contribution >= 0.6 is 0 Å². The van der Waals surface area contributed by atoms with Crippen LogP contribution in [0.15, 0.2) is 0 Å². The van der Waals surface area contributed by atoms with Gasteiger partial charge in [-0.05, 0) is 39.5 Å². The van der Waals surface area contributed by atoms with Crippen LogP contribution in [0.5, 0.6) is 0 Å². The van der Waals surface area contributed by atoms with Gasteiger partial charge >= 0.3 is 0 Å². The summed E-state index contributed by atoms with van der Waals surface area (Å²) in [4.78, 5) is 0. The molecule has 3 nitrogen and oxygen atoms in total. The van der Waals surface area contributed by atoms with Crippen molar-refractivity contribution in [1.29, 1.82) is 0 Å². The fraction of sp³-hybridized carbons (Fsp3) is 0.786. The zero-order valence-electron chi connectivity index (χ0n) is 11.6. The molecule has 2 rings (SSSR count). The number of hydrogen-bond acceptors (Lipinski definition) is 2. The number of aryl methyl sites for hydroxylation is 2. The Morgan fingerprint density at radius 2 is 2.00 bits per heavy atom. The van der Waals surface area contributed by atoms with Crippen molar-refractivity contribution in [2.24, 2.45) is 13.0 Å². The number of rotatable bonds is 4. The minimum Gasteiger partial charge on any atom is -0.310 e. The lowest BCUT2D eigenvalue weighted by Crippen LogP contribution is -2.32. The quantitative estimate of drug-likeness (QED) is 0.869. The Hall–Kier alpha value is -0.830. The molecule has 1 N–H and O–H groups in total. The van der Waals surface area contributed by atoms with Gasteiger partial charge in [-0.25, -0.2) is 0 Å². The van der Waals surface area contributed by atoms with E-state index in [1.165, 1.54) is 36.9 Å². The van der Waals surface area contributed by atoms with Crippen molar-refractivity contribution < 1.29 is 0 Å². The minimum absolute atomic E-state index is 0.636. The van der Waals surface area contributed by atoms with Crippen LogP contribution < -0.4 is 5.32 Å². The summed E-state index contributed by atoms with van der Waals surface area (Å²) in [5.74, 6) is 0.882. The van der Waals surface area contributed by atoms with E-state index in [1.54, 1.807) is 0 Å². The van der Waals surface area contributed by atoms with E-state index in [1.807, 2.05) is 11.7 Å². The van der Waals surface area contributed by atoms with E-state index in [-0.39, 0.29) is 0 Å². The van der Waals surface area contributed by atoms with Gasteiger partial charge in [-0.1, -0.05) is 12.8 Å². The van der Waals surface area contributed by atoms with Crippen LogP contribution in [0.4, 0.5) is 0 Å². The molecule has 0 bridgehead atoms. The molecular formula is C14H25N3. The number of nitrogens with zero attached hydrogens (tertiary/aromatic N) is 2. The van der Waals surface area contributed by atoms with Crippen molar-refractivity contribution in [2.75, 3.05) is 0 Å². The molecule has 0 aliphatic heterocycles. The average molecular weight is 235 g/mol. The van der Waals surface area contributed by atoms with Gasteiger partial charge in [0.2, 0.25) is 0 Å². The first-order valence-electron chi connectivity index (χ1n) is 6.82. The third kappa shape index (κ3) is 2.71. The van der Waals surface area contributed by atoms with Crippen LogP contribution in [0.1, 0.15) is 49.6 Å². The van der Waals surface area contributed by atoms with Gasteiger partial charge in [0.1, 0.15) is 0 Å². The summed E-state index contributed by atoms with van der Waals surface area (Å²) in [5, 5.41) is 8.15. The number of nitrogens with one attached hydrogen (secondary N) is 1. The number of aromatic nitrogens is 2. The Morgan fingerprint density at radius 1 is 1.35 bits per heavy atom. The van der Waals surface area contributed by atoms with Crippen LogP contribution in [0.3, 0.4) is 0 Å². The standard InChI is InChI=1S/C14H25N3/c1-10(13-7-5-6-8-13)15-9-14-11(2)16-17(4)12(14)3/h10,13,15H,5-9H2,1-4H3/t10-/m0/s1. The SMILES string of the molecule is Cc1nn(C)c(C)c1CN[C@@H](C)C1CCCC1. The van der Waals surface area contributed by atoms with Gasteiger partial charge in [0.25, 0.3) is 0 Å². The minimum atomic E-state index is 0.636. The molecule has 0 amide bonds. The molecule has 0 radical (unpaired) electrons. The maximum Gasteiger partial charge on any atom is 0.0641 e. The molecule has 1 heterocycles. The highest BCUT2D eigenvalue weighted by Crippen LogP contribution is 2.27. The van der Waals surface area contributed by atoms with Crippen molar-refractivity contribution in [1.82, 2.24) is 15.1 Å². The second-order valence-corrected chi connectivity index (χ2v) is 5.49. The molecule has 0 saturated heterocycles. The molecule has 1 aliphatic rings. The monoisotopic (exact) mass is 235 g/mol. The van der Waals surface area contributed by atoms with E-state index in [0.29, 0.717) is 6.04 Å². The lowest BCUT2D eigenvalue weighted by Gasteiger charge is -2.20. The van der Waals surface area contributed by atoms with E-state index in [4.69, 9.17) is 0 Å². The Balaban J connectivity index is 1.92. The fourth-order valence-electron chi connectivity index (χ4n) is 2.96. The zero-order chi connectivity index (χ0) is 12.4. The van der Waals surface area contributed by atoms with E-state index in [9.17, 15) is 0 Å². The van der Waals surface area contributed by atoms with Crippen LogP contribution in [0.25, 0.3) is 0 Å². The second kappa shape index (κ2) is 5.21. The average Bonchev–Trinajstić information content (AvgIpc) is 2.88. The van der Waals surface area contributed by atoms with E-state index >= 15 is 0 Å². The van der Waals surface area contributed by atoms with Crippen LogP contribution in [0, 0.1) is 19.8 Å². The predicted octanol–water partition coefficient (Wildman–Crippen LogP) is 2.71. The molecule has 1 fully saturated rings. The van der Waals surface area contributed by atoms with Gasteiger partial charge in [0, 0.05) is 30.9 Å².